The molecule has 6 N–H and O–H groups in total. The number of hydrogen-bond acceptors (Lipinski definition) is 6. The molecule has 16 heteroatoms. The lowest BCUT2D eigenvalue weighted by molar-refractivity contribution is -1.36. The van der Waals surface area contributed by atoms with E-state index in [2.05, 4.69) is 29.9 Å². The molecule has 4 rings (SSSR count). The monoisotopic (exact) mass is 711 g/mol. The highest BCUT2D eigenvalue weighted by atomic mass is 16.4. The molecule has 0 aromatic rings. The van der Waals surface area contributed by atoms with Crippen LogP contribution in [0.15, 0.2) is 0 Å². The first-order valence-corrected chi connectivity index (χ1v) is 18.6. The van der Waals surface area contributed by atoms with Gasteiger partial charge in [-0.15, -0.1) is 4.48 Å². The van der Waals surface area contributed by atoms with Crippen molar-refractivity contribution in [3.8, 4) is 0 Å². The Kier molecular flexibility index (Phi) is 12.9. The van der Waals surface area contributed by atoms with Gasteiger partial charge in [0.2, 0.25) is 5.91 Å². The van der Waals surface area contributed by atoms with E-state index in [9.17, 15) is 39.0 Å². The molecule has 2 unspecified atom stereocenters. The van der Waals surface area contributed by atoms with Gasteiger partial charge in [-0.2, -0.15) is 13.4 Å². The van der Waals surface area contributed by atoms with Crippen LogP contribution in [0.2, 0.25) is 0 Å². The Bertz CT molecular complexity index is 1300. The van der Waals surface area contributed by atoms with Crippen molar-refractivity contribution in [2.45, 2.75) is 89.5 Å². The van der Waals surface area contributed by atoms with Crippen LogP contribution in [0, 0.1) is 0 Å². The molecule has 4 heterocycles. The molecule has 6 atom stereocenters. The number of carboxylic acid groups (broad SMARTS) is 3. The maximum absolute atomic E-state index is 13.6. The quantitative estimate of drug-likeness (QED) is 0.0644. The molecule has 1 spiro atoms. The maximum atomic E-state index is 13.6. The number of carbonyl (C=O) groups excluding carboxylic acids is 3. The third kappa shape index (κ3) is 7.63. The SMILES string of the molecule is CC[N@@+]12CC[N+]3(C)CC[N@@+]4(CC(=O)CCCCCCC(=O)NCCCC[C@H](NC(=O)NCCCC(=O)O)C(=O)O)CC[N+](CC(=O)O)(CC1)[C@@]324. The topological polar surface area (TPSA) is 199 Å². The standard InChI is InChI=1S/C34H57N7O9/c1-3-39-19-17-38(2)18-20-40(23-24-41(22-21-39,26-31(46)47)34(38,39)40)25-27(42)11-6-4-5-7-13-29(43)35-15-9-8-12-28(32(48)49)37-33(50)36-16-10-14-30(44)45/h28H,3-26H2,1-2H3,(H2-4,35,36,37,43,44,45,46,47,48,49,50)/p+4/t28-,34-,38?,39+,40-,41?/m0/s1. The molecule has 0 aromatic carbocycles. The second-order valence-electron chi connectivity index (χ2n) is 15.3. The average Bonchev–Trinajstić information content (AvgIpc) is 3.68. The molecule has 4 fully saturated rings. The highest BCUT2D eigenvalue weighted by molar-refractivity contribution is 5.82. The number of unbranched alkanes of at least 4 members (excludes halogenated alkanes) is 4. The van der Waals surface area contributed by atoms with Gasteiger partial charge in [0.25, 0.3) is 0 Å². The number of hydrogen-bond donors (Lipinski definition) is 6. The average molecular weight is 712 g/mol. The van der Waals surface area contributed by atoms with E-state index in [0.717, 1.165) is 98.0 Å². The van der Waals surface area contributed by atoms with Crippen LogP contribution < -0.4 is 16.0 Å². The number of carbonyl (C=O) groups is 6. The van der Waals surface area contributed by atoms with Gasteiger partial charge in [-0.25, -0.2) is 14.4 Å². The normalized spacial score (nSPS) is 31.1. The molecular weight excluding hydrogens is 650 g/mol. The molecule has 0 bridgehead atoms. The lowest BCUT2D eigenvalue weighted by atomic mass is 10.1. The van der Waals surface area contributed by atoms with Crippen LogP contribution in [0.5, 0.6) is 0 Å². The van der Waals surface area contributed by atoms with Gasteiger partial charge in [0.15, 0.2) is 18.9 Å². The predicted molar refractivity (Wildman–Crippen MR) is 181 cm³/mol. The number of carboxylic acids is 3. The van der Waals surface area contributed by atoms with Crippen molar-refractivity contribution in [2.24, 2.45) is 0 Å². The summed E-state index contributed by atoms with van der Waals surface area (Å²) in [6.07, 6.45) is 5.51. The Balaban J connectivity index is 1.12. The van der Waals surface area contributed by atoms with Gasteiger partial charge in [-0.3, -0.25) is 14.4 Å². The summed E-state index contributed by atoms with van der Waals surface area (Å²) < 4.78 is 3.16. The molecule has 50 heavy (non-hydrogen) atoms. The molecule has 0 radical (unpaired) electrons. The van der Waals surface area contributed by atoms with Crippen LogP contribution in [0.3, 0.4) is 0 Å². The summed E-state index contributed by atoms with van der Waals surface area (Å²) in [6, 6.07) is -1.74. The first-order chi connectivity index (χ1) is 23.7. The summed E-state index contributed by atoms with van der Waals surface area (Å²) in [4.78, 5) is 72.1. The number of Topliss-reactive ketones (excluding diaryl/α,β-unsaturated/α-hetero) is 1. The van der Waals surface area contributed by atoms with Crippen molar-refractivity contribution < 1.29 is 62.0 Å². The highest BCUT2D eigenvalue weighted by Gasteiger charge is 2.97. The first kappa shape index (κ1) is 39.4. The number of rotatable bonds is 23. The summed E-state index contributed by atoms with van der Waals surface area (Å²) >= 11 is 0. The first-order valence-electron chi connectivity index (χ1n) is 18.6. The Morgan fingerprint density at radius 2 is 1.22 bits per heavy atom. The van der Waals surface area contributed by atoms with E-state index in [1.807, 2.05) is 0 Å². The predicted octanol–water partition coefficient (Wildman–Crippen LogP) is 0.467. The van der Waals surface area contributed by atoms with Crippen LogP contribution in [-0.2, 0) is 24.0 Å². The van der Waals surface area contributed by atoms with E-state index in [1.54, 1.807) is 0 Å². The Hall–Kier alpha value is -3.34. The summed E-state index contributed by atoms with van der Waals surface area (Å²) in [5.41, 5.74) is 0. The zero-order valence-electron chi connectivity index (χ0n) is 30.1. The molecule has 0 aromatic heterocycles. The van der Waals surface area contributed by atoms with Crippen molar-refractivity contribution in [1.82, 2.24) is 16.0 Å². The minimum absolute atomic E-state index is 0.0670. The number of nitrogens with one attached hydrogen (secondary N) is 3. The summed E-state index contributed by atoms with van der Waals surface area (Å²) in [5, 5.41) is 35.8. The van der Waals surface area contributed by atoms with Gasteiger partial charge in [-0.05, 0) is 45.4 Å². The Labute approximate surface area is 295 Å². The third-order valence-electron chi connectivity index (χ3n) is 12.4. The van der Waals surface area contributed by atoms with Gasteiger partial charge < -0.3 is 31.3 Å². The molecule has 4 aliphatic rings. The maximum Gasteiger partial charge on any atom is 0.482 e. The number of aliphatic carboxylic acids is 3. The number of urea groups is 1. The second kappa shape index (κ2) is 16.3. The van der Waals surface area contributed by atoms with E-state index in [4.69, 9.17) is 5.11 Å². The molecule has 0 saturated carbocycles. The van der Waals surface area contributed by atoms with Gasteiger partial charge in [-0.1, -0.05) is 12.8 Å². The smallest absolute Gasteiger partial charge is 0.481 e. The number of ketones is 1. The fraction of sp³-hybridized carbons (Fsp3) is 0.824. The van der Waals surface area contributed by atoms with Crippen LogP contribution in [0.1, 0.15) is 77.6 Å². The minimum atomic E-state index is -1.16. The third-order valence-corrected chi connectivity index (χ3v) is 12.4. The Morgan fingerprint density at radius 3 is 1.84 bits per heavy atom. The van der Waals surface area contributed by atoms with Crippen molar-refractivity contribution in [3.05, 3.63) is 0 Å². The summed E-state index contributed by atoms with van der Waals surface area (Å²) in [6.45, 7) is 12.0. The van der Waals surface area contributed by atoms with E-state index in [0.29, 0.717) is 43.3 Å². The molecule has 282 valence electrons. The van der Waals surface area contributed by atoms with Crippen molar-refractivity contribution >= 4 is 35.6 Å². The fourth-order valence-corrected chi connectivity index (χ4v) is 10.5. The molecule has 4 aliphatic heterocycles. The van der Waals surface area contributed by atoms with Gasteiger partial charge in [0.05, 0.1) is 13.6 Å². The Morgan fingerprint density at radius 1 is 0.640 bits per heavy atom. The minimum Gasteiger partial charge on any atom is -0.481 e. The largest absolute Gasteiger partial charge is 0.482 e. The van der Waals surface area contributed by atoms with Crippen LogP contribution in [-0.4, -0.2) is 173 Å². The molecule has 0 aliphatic carbocycles. The van der Waals surface area contributed by atoms with E-state index < -0.39 is 30.0 Å². The van der Waals surface area contributed by atoms with Gasteiger partial charge in [0.1, 0.15) is 58.4 Å². The fourth-order valence-electron chi connectivity index (χ4n) is 10.5. The van der Waals surface area contributed by atoms with Crippen LogP contribution in [0.25, 0.3) is 0 Å². The summed E-state index contributed by atoms with van der Waals surface area (Å²) in [5.74, 6) is -2.97. The van der Waals surface area contributed by atoms with Crippen molar-refractivity contribution in [2.75, 3.05) is 92.1 Å². The van der Waals surface area contributed by atoms with E-state index >= 15 is 0 Å². The second-order valence-corrected chi connectivity index (χ2v) is 15.3. The van der Waals surface area contributed by atoms with Gasteiger partial charge >= 0.3 is 29.8 Å². The zero-order chi connectivity index (χ0) is 36.6. The van der Waals surface area contributed by atoms with Crippen molar-refractivity contribution in [3.63, 3.8) is 0 Å². The van der Waals surface area contributed by atoms with Gasteiger partial charge in [0, 0.05) is 32.4 Å². The number of quaternary nitrogens is 4. The van der Waals surface area contributed by atoms with Crippen LogP contribution >= 0.6 is 0 Å². The zero-order valence-corrected chi connectivity index (χ0v) is 30.1. The highest BCUT2D eigenvalue weighted by Crippen LogP contribution is 2.61. The lowest BCUT2D eigenvalue weighted by Gasteiger charge is -2.49. The summed E-state index contributed by atoms with van der Waals surface area (Å²) in [7, 11) is 2.33. The van der Waals surface area contributed by atoms with E-state index in [-0.39, 0.29) is 50.0 Å². The molecule has 3 amide bonds. The molecule has 16 nitrogen and oxygen atoms in total. The number of likely N-dealkylation sites (N-methyl/N-ethyl adjacent to an activating group) is 2. The van der Waals surface area contributed by atoms with Crippen LogP contribution in [0.4, 0.5) is 4.79 Å². The lowest BCUT2D eigenvalue weighted by Crippen LogP contribution is -2.84. The van der Waals surface area contributed by atoms with Crippen molar-refractivity contribution in [1.29, 1.82) is 0 Å². The molecule has 4 saturated heterocycles. The van der Waals surface area contributed by atoms with E-state index in [1.165, 1.54) is 0 Å². The molecular formula is C34H61N7O9+4. The number of nitrogens with zero attached hydrogens (tertiary/aromatic N) is 4. The number of amides is 3.